The molecule has 0 amide bonds. The van der Waals surface area contributed by atoms with Crippen molar-refractivity contribution in [2.75, 3.05) is 20.6 Å². The van der Waals surface area contributed by atoms with Crippen LogP contribution in [0.15, 0.2) is 17.3 Å². The number of likely N-dealkylation sites (N-methyl/N-ethyl adjacent to an activating group) is 1. The number of nitrogens with zero attached hydrogens (tertiary/aromatic N) is 3. The molecule has 1 aromatic rings. The van der Waals surface area contributed by atoms with Gasteiger partial charge in [-0.1, -0.05) is 0 Å². The lowest BCUT2D eigenvalue weighted by molar-refractivity contribution is -0.137. The number of rotatable bonds is 7. The van der Waals surface area contributed by atoms with E-state index in [9.17, 15) is 13.2 Å². The number of sulfonamides is 1. The molecule has 0 aliphatic rings. The van der Waals surface area contributed by atoms with Crippen molar-refractivity contribution >= 4 is 16.0 Å². The lowest BCUT2D eigenvalue weighted by Gasteiger charge is -2.19. The molecule has 2 N–H and O–H groups in total. The topological polar surface area (TPSA) is 105 Å². The number of hydrogen-bond acceptors (Lipinski definition) is 5. The average molecular weight is 290 g/mol. The summed E-state index contributed by atoms with van der Waals surface area (Å²) in [6, 6.07) is 0.0452. The second-order valence-corrected chi connectivity index (χ2v) is 6.20. The van der Waals surface area contributed by atoms with Gasteiger partial charge in [0.2, 0.25) is 10.0 Å². The van der Waals surface area contributed by atoms with Crippen LogP contribution in [0.4, 0.5) is 0 Å². The van der Waals surface area contributed by atoms with Gasteiger partial charge >= 0.3 is 5.97 Å². The molecular weight excluding hydrogens is 272 g/mol. The molecule has 9 heteroatoms. The standard InChI is InChI=1S/C10H18N4O4S/c1-8(13(2)3)4-12-19(17,18)9-5-11-14(6-9)7-10(15)16/h5-6,8,12H,4,7H2,1-3H3,(H,15,16). The molecular formula is C10H18N4O4S. The highest BCUT2D eigenvalue weighted by Crippen LogP contribution is 2.07. The number of hydrogen-bond donors (Lipinski definition) is 2. The maximum absolute atomic E-state index is 11.9. The van der Waals surface area contributed by atoms with Gasteiger partial charge < -0.3 is 10.0 Å². The van der Waals surface area contributed by atoms with Gasteiger partial charge in [-0.15, -0.1) is 0 Å². The Kier molecular flexibility index (Phi) is 5.04. The third-order valence-electron chi connectivity index (χ3n) is 2.67. The predicted molar refractivity (Wildman–Crippen MR) is 68.2 cm³/mol. The molecule has 1 unspecified atom stereocenters. The van der Waals surface area contributed by atoms with Crippen molar-refractivity contribution in [1.29, 1.82) is 0 Å². The fourth-order valence-corrected chi connectivity index (χ4v) is 2.28. The number of carbonyl (C=O) groups is 1. The summed E-state index contributed by atoms with van der Waals surface area (Å²) in [7, 11) is 0.0453. The summed E-state index contributed by atoms with van der Waals surface area (Å²) < 4.78 is 27.4. The quantitative estimate of drug-likeness (QED) is 0.681. The van der Waals surface area contributed by atoms with Gasteiger partial charge in [-0.05, 0) is 21.0 Å². The monoisotopic (exact) mass is 290 g/mol. The first kappa shape index (κ1) is 15.6. The van der Waals surface area contributed by atoms with Crippen LogP contribution in [0.1, 0.15) is 6.92 Å². The van der Waals surface area contributed by atoms with Crippen LogP contribution in [0.25, 0.3) is 0 Å². The van der Waals surface area contributed by atoms with E-state index in [-0.39, 0.29) is 24.0 Å². The molecule has 0 bridgehead atoms. The van der Waals surface area contributed by atoms with Crippen LogP contribution in [0.2, 0.25) is 0 Å². The van der Waals surface area contributed by atoms with Gasteiger partial charge in [-0.2, -0.15) is 5.10 Å². The van der Waals surface area contributed by atoms with Crippen molar-refractivity contribution in [3.8, 4) is 0 Å². The van der Waals surface area contributed by atoms with E-state index in [0.717, 1.165) is 10.9 Å². The Morgan fingerprint density at radius 2 is 2.21 bits per heavy atom. The molecule has 1 heterocycles. The molecule has 108 valence electrons. The minimum absolute atomic E-state index is 0.0419. The smallest absolute Gasteiger partial charge is 0.325 e. The molecule has 0 fully saturated rings. The van der Waals surface area contributed by atoms with Crippen LogP contribution < -0.4 is 4.72 Å². The van der Waals surface area contributed by atoms with Crippen molar-refractivity contribution in [2.45, 2.75) is 24.4 Å². The lowest BCUT2D eigenvalue weighted by atomic mass is 10.3. The second kappa shape index (κ2) is 6.13. The Bertz CT molecular complexity index is 537. The fourth-order valence-electron chi connectivity index (χ4n) is 1.20. The predicted octanol–water partition coefficient (Wildman–Crippen LogP) is -0.804. The molecule has 0 aliphatic carbocycles. The summed E-state index contributed by atoms with van der Waals surface area (Å²) in [6.07, 6.45) is 2.32. The third kappa shape index (κ3) is 4.62. The number of carboxylic acids is 1. The van der Waals surface area contributed by atoms with Gasteiger partial charge in [0.05, 0.1) is 6.20 Å². The van der Waals surface area contributed by atoms with E-state index >= 15 is 0 Å². The van der Waals surface area contributed by atoms with Crippen molar-refractivity contribution in [3.05, 3.63) is 12.4 Å². The molecule has 0 radical (unpaired) electrons. The van der Waals surface area contributed by atoms with E-state index in [1.165, 1.54) is 6.20 Å². The molecule has 1 aromatic heterocycles. The Morgan fingerprint density at radius 1 is 1.58 bits per heavy atom. The van der Waals surface area contributed by atoms with Gasteiger partial charge in [0.25, 0.3) is 0 Å². The number of nitrogens with one attached hydrogen (secondary N) is 1. The summed E-state index contributed by atoms with van der Waals surface area (Å²) in [6.45, 7) is 1.78. The first-order chi connectivity index (χ1) is 8.72. The second-order valence-electron chi connectivity index (χ2n) is 4.43. The van der Waals surface area contributed by atoms with Crippen LogP contribution >= 0.6 is 0 Å². The van der Waals surface area contributed by atoms with Crippen molar-refractivity contribution in [2.24, 2.45) is 0 Å². The summed E-state index contributed by atoms with van der Waals surface area (Å²) in [5.41, 5.74) is 0. The first-order valence-electron chi connectivity index (χ1n) is 5.62. The van der Waals surface area contributed by atoms with Crippen LogP contribution in [0.3, 0.4) is 0 Å². The summed E-state index contributed by atoms with van der Waals surface area (Å²) in [5.74, 6) is -1.08. The number of aromatic nitrogens is 2. The zero-order chi connectivity index (χ0) is 14.6. The molecule has 19 heavy (non-hydrogen) atoms. The maximum Gasteiger partial charge on any atom is 0.325 e. The highest BCUT2D eigenvalue weighted by atomic mass is 32.2. The number of aliphatic carboxylic acids is 1. The van der Waals surface area contributed by atoms with Crippen molar-refractivity contribution < 1.29 is 18.3 Å². The van der Waals surface area contributed by atoms with E-state index in [1.807, 2.05) is 25.9 Å². The van der Waals surface area contributed by atoms with Crippen molar-refractivity contribution in [3.63, 3.8) is 0 Å². The van der Waals surface area contributed by atoms with Gasteiger partial charge in [0.1, 0.15) is 11.4 Å². The minimum Gasteiger partial charge on any atom is -0.480 e. The van der Waals surface area contributed by atoms with Gasteiger partial charge in [0, 0.05) is 18.8 Å². The zero-order valence-electron chi connectivity index (χ0n) is 11.1. The number of carboxylic acid groups (broad SMARTS) is 1. The van der Waals surface area contributed by atoms with Gasteiger partial charge in [-0.3, -0.25) is 9.48 Å². The molecule has 0 spiro atoms. The highest BCUT2D eigenvalue weighted by Gasteiger charge is 2.18. The summed E-state index contributed by atoms with van der Waals surface area (Å²) in [5, 5.41) is 12.3. The Balaban J connectivity index is 2.72. The summed E-state index contributed by atoms with van der Waals surface area (Å²) in [4.78, 5) is 12.3. The van der Waals surface area contributed by atoms with Crippen molar-refractivity contribution in [1.82, 2.24) is 19.4 Å². The molecule has 0 aliphatic heterocycles. The third-order valence-corrected chi connectivity index (χ3v) is 4.05. The molecule has 8 nitrogen and oxygen atoms in total. The fraction of sp³-hybridized carbons (Fsp3) is 0.600. The average Bonchev–Trinajstić information content (AvgIpc) is 2.74. The van der Waals surface area contributed by atoms with E-state index in [1.54, 1.807) is 0 Å². The molecule has 0 saturated carbocycles. The Morgan fingerprint density at radius 3 is 2.74 bits per heavy atom. The zero-order valence-corrected chi connectivity index (χ0v) is 11.9. The van der Waals surface area contributed by atoms with Crippen LogP contribution in [0, 0.1) is 0 Å². The SMILES string of the molecule is CC(CNS(=O)(=O)c1cnn(CC(=O)O)c1)N(C)C. The first-order valence-corrected chi connectivity index (χ1v) is 7.11. The van der Waals surface area contributed by atoms with E-state index < -0.39 is 16.0 Å². The largest absolute Gasteiger partial charge is 0.480 e. The van der Waals surface area contributed by atoms with Crippen LogP contribution in [0.5, 0.6) is 0 Å². The highest BCUT2D eigenvalue weighted by molar-refractivity contribution is 7.89. The summed E-state index contributed by atoms with van der Waals surface area (Å²) >= 11 is 0. The molecule has 1 atom stereocenters. The Labute approximate surface area is 112 Å². The lowest BCUT2D eigenvalue weighted by Crippen LogP contribution is -2.38. The van der Waals surface area contributed by atoms with Crippen LogP contribution in [-0.2, 0) is 21.4 Å². The van der Waals surface area contributed by atoms with Gasteiger partial charge in [-0.25, -0.2) is 13.1 Å². The van der Waals surface area contributed by atoms with Gasteiger partial charge in [0.15, 0.2) is 0 Å². The molecule has 0 aromatic carbocycles. The van der Waals surface area contributed by atoms with E-state index in [0.29, 0.717) is 0 Å². The Hall–Kier alpha value is -1.45. The molecule has 1 rings (SSSR count). The molecule has 0 saturated heterocycles. The minimum atomic E-state index is -3.66. The van der Waals surface area contributed by atoms with E-state index in [4.69, 9.17) is 5.11 Å². The van der Waals surface area contributed by atoms with Crippen LogP contribution in [-0.4, -0.2) is 60.9 Å². The van der Waals surface area contributed by atoms with E-state index in [2.05, 4.69) is 9.82 Å². The normalized spacial score (nSPS) is 13.7. The maximum atomic E-state index is 11.9.